The number of hydrogen-bond donors (Lipinski definition) is 1. The van der Waals surface area contributed by atoms with Gasteiger partial charge in [-0.1, -0.05) is 30.3 Å². The van der Waals surface area contributed by atoms with Gasteiger partial charge in [0.15, 0.2) is 0 Å². The molecule has 1 rings (SSSR count). The predicted octanol–water partition coefficient (Wildman–Crippen LogP) is 1.46. The van der Waals surface area contributed by atoms with Gasteiger partial charge >= 0.3 is 5.97 Å². The molecule has 0 aliphatic heterocycles. The Morgan fingerprint density at radius 3 is 2.50 bits per heavy atom. The Hall–Kier alpha value is -1.35. The fourth-order valence-corrected chi connectivity index (χ4v) is 1.25. The van der Waals surface area contributed by atoms with Crippen molar-refractivity contribution < 1.29 is 14.6 Å². The lowest BCUT2D eigenvalue weighted by Crippen LogP contribution is -2.25. The first kappa shape index (κ1) is 10.7. The van der Waals surface area contributed by atoms with Crippen LogP contribution in [0.5, 0.6) is 0 Å². The third kappa shape index (κ3) is 2.57. The SMILES string of the molecule is COC(=O)CC(C)(O)c1ccccc1. The summed E-state index contributed by atoms with van der Waals surface area (Å²) in [7, 11) is 1.31. The van der Waals surface area contributed by atoms with E-state index in [0.29, 0.717) is 5.56 Å². The number of hydrogen-bond acceptors (Lipinski definition) is 3. The highest BCUT2D eigenvalue weighted by Gasteiger charge is 2.26. The summed E-state index contributed by atoms with van der Waals surface area (Å²) in [5.74, 6) is -0.418. The van der Waals surface area contributed by atoms with Gasteiger partial charge in [-0.25, -0.2) is 0 Å². The second-order valence-corrected chi connectivity index (χ2v) is 3.39. The average Bonchev–Trinajstić information content (AvgIpc) is 2.18. The van der Waals surface area contributed by atoms with Crippen LogP contribution < -0.4 is 0 Å². The van der Waals surface area contributed by atoms with E-state index in [4.69, 9.17) is 0 Å². The topological polar surface area (TPSA) is 46.5 Å². The van der Waals surface area contributed by atoms with E-state index in [1.165, 1.54) is 7.11 Å². The quantitative estimate of drug-likeness (QED) is 0.741. The second kappa shape index (κ2) is 4.24. The zero-order chi connectivity index (χ0) is 10.6. The third-order valence-corrected chi connectivity index (χ3v) is 2.11. The molecule has 0 saturated carbocycles. The summed E-state index contributed by atoms with van der Waals surface area (Å²) in [4.78, 5) is 11.0. The van der Waals surface area contributed by atoms with Crippen molar-refractivity contribution in [2.24, 2.45) is 0 Å². The van der Waals surface area contributed by atoms with E-state index in [-0.39, 0.29) is 6.42 Å². The summed E-state index contributed by atoms with van der Waals surface area (Å²) in [5, 5.41) is 9.99. The first-order chi connectivity index (χ1) is 6.56. The van der Waals surface area contributed by atoms with Gasteiger partial charge in [0.25, 0.3) is 0 Å². The summed E-state index contributed by atoms with van der Waals surface area (Å²) in [6.07, 6.45) is -0.0342. The molecule has 0 saturated heterocycles. The maximum atomic E-state index is 11.0. The molecule has 0 aliphatic rings. The highest BCUT2D eigenvalue weighted by atomic mass is 16.5. The van der Waals surface area contributed by atoms with E-state index in [2.05, 4.69) is 4.74 Å². The molecule has 0 spiro atoms. The fourth-order valence-electron chi connectivity index (χ4n) is 1.25. The van der Waals surface area contributed by atoms with Crippen molar-refractivity contribution >= 4 is 5.97 Å². The van der Waals surface area contributed by atoms with Crippen molar-refractivity contribution in [1.29, 1.82) is 0 Å². The molecule has 0 heterocycles. The molecule has 76 valence electrons. The summed E-state index contributed by atoms with van der Waals surface area (Å²) in [6, 6.07) is 9.06. The van der Waals surface area contributed by atoms with Gasteiger partial charge in [-0.2, -0.15) is 0 Å². The van der Waals surface area contributed by atoms with Crippen molar-refractivity contribution in [2.75, 3.05) is 7.11 Å². The Labute approximate surface area is 83.3 Å². The highest BCUT2D eigenvalue weighted by Crippen LogP contribution is 2.24. The Morgan fingerprint density at radius 2 is 2.00 bits per heavy atom. The van der Waals surface area contributed by atoms with Crippen LogP contribution in [0.1, 0.15) is 18.9 Å². The minimum Gasteiger partial charge on any atom is -0.469 e. The number of aliphatic hydroxyl groups is 1. The predicted molar refractivity (Wildman–Crippen MR) is 52.6 cm³/mol. The van der Waals surface area contributed by atoms with E-state index < -0.39 is 11.6 Å². The molecule has 0 bridgehead atoms. The van der Waals surface area contributed by atoms with E-state index in [1.54, 1.807) is 19.1 Å². The van der Waals surface area contributed by atoms with E-state index in [1.807, 2.05) is 18.2 Å². The van der Waals surface area contributed by atoms with Gasteiger partial charge in [0, 0.05) is 0 Å². The number of carbonyl (C=O) groups is 1. The molecule has 14 heavy (non-hydrogen) atoms. The standard InChI is InChI=1S/C11H14O3/c1-11(13,8-10(12)14-2)9-6-4-3-5-7-9/h3-7,13H,8H2,1-2H3. The van der Waals surface area contributed by atoms with Crippen LogP contribution in [0.15, 0.2) is 30.3 Å². The average molecular weight is 194 g/mol. The lowest BCUT2D eigenvalue weighted by molar-refractivity contribution is -0.145. The molecule has 1 atom stereocenters. The van der Waals surface area contributed by atoms with E-state index in [0.717, 1.165) is 0 Å². The molecule has 1 N–H and O–H groups in total. The van der Waals surface area contributed by atoms with Crippen LogP contribution in [0.25, 0.3) is 0 Å². The van der Waals surface area contributed by atoms with Crippen LogP contribution in [0.4, 0.5) is 0 Å². The molecular formula is C11H14O3. The van der Waals surface area contributed by atoms with Crippen molar-refractivity contribution in [3.8, 4) is 0 Å². The Balaban J connectivity index is 2.80. The van der Waals surface area contributed by atoms with Gasteiger partial charge in [0.1, 0.15) is 0 Å². The third-order valence-electron chi connectivity index (χ3n) is 2.11. The molecule has 0 aliphatic carbocycles. The van der Waals surface area contributed by atoms with Gasteiger partial charge in [0.2, 0.25) is 0 Å². The van der Waals surface area contributed by atoms with Crippen LogP contribution in [0.3, 0.4) is 0 Å². The van der Waals surface area contributed by atoms with Crippen molar-refractivity contribution in [1.82, 2.24) is 0 Å². The number of benzene rings is 1. The maximum Gasteiger partial charge on any atom is 0.308 e. The van der Waals surface area contributed by atoms with Gasteiger partial charge in [-0.15, -0.1) is 0 Å². The summed E-state index contributed by atoms with van der Waals surface area (Å²) in [5.41, 5.74) is -0.445. The van der Waals surface area contributed by atoms with Crippen LogP contribution in [-0.4, -0.2) is 18.2 Å². The maximum absolute atomic E-state index is 11.0. The molecule has 1 aromatic carbocycles. The molecule has 3 heteroatoms. The van der Waals surface area contributed by atoms with Gasteiger partial charge in [-0.05, 0) is 12.5 Å². The Morgan fingerprint density at radius 1 is 1.43 bits per heavy atom. The van der Waals surface area contributed by atoms with Crippen molar-refractivity contribution in [2.45, 2.75) is 18.9 Å². The first-order valence-corrected chi connectivity index (χ1v) is 4.41. The Kier molecular flexibility index (Phi) is 3.25. The number of methoxy groups -OCH3 is 1. The molecule has 1 aromatic rings. The van der Waals surface area contributed by atoms with Crippen LogP contribution in [-0.2, 0) is 15.1 Å². The fraction of sp³-hybridized carbons (Fsp3) is 0.364. The smallest absolute Gasteiger partial charge is 0.308 e. The number of esters is 1. The van der Waals surface area contributed by atoms with Gasteiger partial charge in [0.05, 0.1) is 19.1 Å². The molecule has 0 radical (unpaired) electrons. The summed E-state index contributed by atoms with van der Waals surface area (Å²) >= 11 is 0. The number of rotatable bonds is 3. The Bertz CT molecular complexity index is 304. The minimum absolute atomic E-state index is 0.0342. The summed E-state index contributed by atoms with van der Waals surface area (Å²) in [6.45, 7) is 1.60. The molecule has 1 unspecified atom stereocenters. The van der Waals surface area contributed by atoms with E-state index in [9.17, 15) is 9.90 Å². The molecule has 0 aromatic heterocycles. The van der Waals surface area contributed by atoms with Crippen LogP contribution >= 0.6 is 0 Å². The minimum atomic E-state index is -1.16. The van der Waals surface area contributed by atoms with Crippen molar-refractivity contribution in [3.63, 3.8) is 0 Å². The second-order valence-electron chi connectivity index (χ2n) is 3.39. The van der Waals surface area contributed by atoms with Crippen LogP contribution in [0, 0.1) is 0 Å². The zero-order valence-corrected chi connectivity index (χ0v) is 8.36. The molecule has 3 nitrogen and oxygen atoms in total. The van der Waals surface area contributed by atoms with Crippen LogP contribution in [0.2, 0.25) is 0 Å². The summed E-state index contributed by atoms with van der Waals surface area (Å²) < 4.78 is 4.51. The lowest BCUT2D eigenvalue weighted by Gasteiger charge is -2.22. The first-order valence-electron chi connectivity index (χ1n) is 4.41. The number of ether oxygens (including phenoxy) is 1. The van der Waals surface area contributed by atoms with E-state index >= 15 is 0 Å². The zero-order valence-electron chi connectivity index (χ0n) is 8.36. The highest BCUT2D eigenvalue weighted by molar-refractivity contribution is 5.70. The molecule has 0 fully saturated rings. The largest absolute Gasteiger partial charge is 0.469 e. The van der Waals surface area contributed by atoms with Gasteiger partial charge < -0.3 is 9.84 Å². The molecular weight excluding hydrogens is 180 g/mol. The normalized spacial score (nSPS) is 14.5. The molecule has 0 amide bonds. The number of carbonyl (C=O) groups excluding carboxylic acids is 1. The van der Waals surface area contributed by atoms with Gasteiger partial charge in [-0.3, -0.25) is 4.79 Å². The van der Waals surface area contributed by atoms with Crippen molar-refractivity contribution in [3.05, 3.63) is 35.9 Å². The monoisotopic (exact) mass is 194 g/mol. The lowest BCUT2D eigenvalue weighted by atomic mass is 9.93.